The van der Waals surface area contributed by atoms with E-state index in [1.165, 1.54) is 14.7 Å². The first kappa shape index (κ1) is 80.8. The molecule has 0 radical (unpaired) electrons. The van der Waals surface area contributed by atoms with E-state index in [-0.39, 0.29) is 93.0 Å². The lowest BCUT2D eigenvalue weighted by Crippen LogP contribution is -2.54. The molecule has 9 amide bonds. The first-order chi connectivity index (χ1) is 55.8. The number of nitrogens with one attached hydrogen (secondary N) is 7. The molecule has 0 bridgehead atoms. The number of carbonyl (C=O) groups is 8. The van der Waals surface area contributed by atoms with Crippen molar-refractivity contribution < 1.29 is 52.6 Å². The highest BCUT2D eigenvalue weighted by Gasteiger charge is 2.42. The summed E-state index contributed by atoms with van der Waals surface area (Å²) in [7, 11) is 3.73. The lowest BCUT2D eigenvalue weighted by Gasteiger charge is -2.34. The number of likely N-dealkylation sites (tertiary alicyclic amines) is 1. The van der Waals surface area contributed by atoms with Crippen LogP contribution in [0.25, 0.3) is 32.7 Å². The van der Waals surface area contributed by atoms with Crippen molar-refractivity contribution in [1.29, 1.82) is 0 Å². The van der Waals surface area contributed by atoms with E-state index in [1.54, 1.807) is 95.0 Å². The maximum atomic E-state index is 15.0. The van der Waals surface area contributed by atoms with Crippen molar-refractivity contribution in [3.8, 4) is 5.75 Å². The van der Waals surface area contributed by atoms with Gasteiger partial charge in [-0.3, -0.25) is 28.9 Å². The topological polar surface area (TPSA) is 323 Å². The summed E-state index contributed by atoms with van der Waals surface area (Å²) in [5.74, 6) is -0.534. The van der Waals surface area contributed by atoms with Crippen LogP contribution < -0.4 is 52.2 Å². The molecular weight excluding hydrogens is 1520 g/mol. The summed E-state index contributed by atoms with van der Waals surface area (Å²) in [6, 6.07) is 33.1. The number of ether oxygens (including phenoxy) is 3. The van der Waals surface area contributed by atoms with Gasteiger partial charge in [-0.05, 0) is 140 Å². The van der Waals surface area contributed by atoms with Gasteiger partial charge in [-0.1, -0.05) is 74.5 Å². The van der Waals surface area contributed by atoms with Crippen molar-refractivity contribution in [2.24, 2.45) is 11.7 Å². The number of amides is 9. The number of anilines is 4. The number of allylic oxidation sites excluding steroid dienone is 6. The van der Waals surface area contributed by atoms with Gasteiger partial charge >= 0.3 is 18.2 Å². The molecule has 115 heavy (non-hydrogen) atoms. The Kier molecular flexibility index (Phi) is 26.1. The fourth-order valence-electron chi connectivity index (χ4n) is 15.4. The molecule has 1 aliphatic carbocycles. The second kappa shape index (κ2) is 37.2. The van der Waals surface area contributed by atoms with Crippen molar-refractivity contribution in [3.63, 3.8) is 0 Å². The number of halogens is 1. The van der Waals surface area contributed by atoms with Crippen LogP contribution in [0.3, 0.4) is 0 Å². The summed E-state index contributed by atoms with van der Waals surface area (Å²) < 4.78 is 18.1. The summed E-state index contributed by atoms with van der Waals surface area (Å²) >= 11 is 10.2. The van der Waals surface area contributed by atoms with Gasteiger partial charge in [0.05, 0.1) is 53.4 Å². The molecule has 9 N–H and O–H groups in total. The number of primary amides is 1. The lowest BCUT2D eigenvalue weighted by molar-refractivity contribution is -0.128. The quantitative estimate of drug-likeness (QED) is 0.0195. The molecule has 7 heterocycles. The Morgan fingerprint density at radius 2 is 1.43 bits per heavy atom. The van der Waals surface area contributed by atoms with Crippen LogP contribution in [0.5, 0.6) is 5.75 Å². The van der Waals surface area contributed by atoms with Crippen LogP contribution in [-0.4, -0.2) is 218 Å². The smallest absolute Gasteiger partial charge is 0.415 e. The molecule has 2 aromatic heterocycles. The molecule has 0 saturated carbocycles. The molecule has 3 saturated heterocycles. The molecule has 30 heteroatoms. The van der Waals surface area contributed by atoms with Gasteiger partial charge in [0, 0.05) is 175 Å². The van der Waals surface area contributed by atoms with Crippen LogP contribution in [0.4, 0.5) is 37.1 Å². The van der Waals surface area contributed by atoms with Crippen LogP contribution in [0.1, 0.15) is 92.7 Å². The number of morpholine rings is 1. The summed E-state index contributed by atoms with van der Waals surface area (Å²) in [6.45, 7) is 11.1. The third-order valence-electron chi connectivity index (χ3n) is 21.6. The number of rotatable bonds is 25. The Balaban J connectivity index is 0.582. The Hall–Kier alpha value is -10.8. The van der Waals surface area contributed by atoms with E-state index >= 15 is 0 Å². The van der Waals surface area contributed by atoms with Gasteiger partial charge in [0.15, 0.2) is 0 Å². The van der Waals surface area contributed by atoms with E-state index in [0.29, 0.717) is 119 Å². The summed E-state index contributed by atoms with van der Waals surface area (Å²) in [5.41, 5.74) is 14.5. The number of piperazine rings is 1. The number of fused-ring (bicyclic) bond motifs is 6. The number of nitrogens with zero attached hydrogens (tertiary/aromatic N) is 8. The highest BCUT2D eigenvalue weighted by molar-refractivity contribution is 8.06. The number of urea groups is 1. The fourth-order valence-corrected chi connectivity index (χ4v) is 17.8. The van der Waals surface area contributed by atoms with Gasteiger partial charge in [-0.15, -0.1) is 35.1 Å². The number of benzene rings is 6. The Morgan fingerprint density at radius 3 is 2.14 bits per heavy atom. The van der Waals surface area contributed by atoms with Crippen molar-refractivity contribution in [1.82, 2.24) is 55.8 Å². The predicted octanol–water partition coefficient (Wildman–Crippen LogP) is 11.1. The Morgan fingerprint density at radius 1 is 0.722 bits per heavy atom. The first-order valence-electron chi connectivity index (χ1n) is 38.9. The van der Waals surface area contributed by atoms with Crippen molar-refractivity contribution >= 4 is 138 Å². The molecule has 3 fully saturated rings. The standard InChI is InChI=1S/C85H95ClN16O11S2/c1-52(2)77(88-30-31-89-78(103)55-21-27-66-68(41-55)95-71-51-115-75-16-8-6-5-7-15-74(75)114-50-70(71)94-66)81(106)96-67(14-11-29-90-83(87)108)80(105)91-58-22-17-53(18-23-58)49-112-84(109)98(4)47-62-43-61(100-36-38-111-39-37-100)48-101(62)85(110)113-73-44-72-76(64-13-10-9-12-63(64)73)57(45-86)46-102(72)82(107)69-42-56-40-59(24-28-65(56)93-69)92-79(104)54-19-25-60(26-20-54)99-34-32-97(3)33-35-99/h5-10,12-13,15-28,40-42,44,52,57,61-62,67,77,88,93H,11,14,29-39,43,45-51H2,1-4H3,(H,89,103)(H,91,105)(H,92,104)(H,96,106)(H3,87,90,108)/b6-5+,7-5?,8-6?,15-7-,16-8-,74-15?,75-16?,75-74+/t57-,61-,62+,67-,77-/m1/s1. The molecule has 0 unspecified atom stereocenters. The van der Waals surface area contributed by atoms with E-state index in [1.807, 2.05) is 105 Å². The number of nitrogens with two attached hydrogens (primary N) is 1. The van der Waals surface area contributed by atoms with Crippen molar-refractivity contribution in [3.05, 3.63) is 207 Å². The average Bonchev–Trinajstić information content (AvgIpc) is 1.58. The number of alkyl halides is 1. The normalized spacial score (nSPS) is 19.7. The highest BCUT2D eigenvalue weighted by Crippen LogP contribution is 2.47. The van der Waals surface area contributed by atoms with Crippen molar-refractivity contribution in [2.45, 2.75) is 81.3 Å². The van der Waals surface area contributed by atoms with E-state index in [0.717, 1.165) is 59.6 Å². The van der Waals surface area contributed by atoms with E-state index < -0.39 is 48.2 Å². The van der Waals surface area contributed by atoms with Gasteiger partial charge < -0.3 is 81.3 Å². The molecule has 5 atom stereocenters. The minimum atomic E-state index is -1.04. The molecule has 8 aromatic rings. The molecular formula is C85H95ClN16O11S2. The number of hydrogen-bond donors (Lipinski definition) is 8. The molecule has 14 rings (SSSR count). The van der Waals surface area contributed by atoms with Gasteiger partial charge in [0.25, 0.3) is 17.7 Å². The zero-order chi connectivity index (χ0) is 80.2. The highest BCUT2D eigenvalue weighted by atomic mass is 35.5. The van der Waals surface area contributed by atoms with E-state index in [2.05, 4.69) is 70.8 Å². The monoisotopic (exact) mass is 1610 g/mol. The number of carbonyl (C=O) groups excluding carboxylic acids is 8. The van der Waals surface area contributed by atoms with Gasteiger partial charge in [-0.25, -0.2) is 24.4 Å². The number of hydrogen-bond acceptors (Lipinski definition) is 19. The van der Waals surface area contributed by atoms with Crippen LogP contribution in [-0.2, 0) is 37.2 Å². The number of aromatic nitrogens is 3. The lowest BCUT2D eigenvalue weighted by atomic mass is 9.95. The largest absolute Gasteiger partial charge is 0.445 e. The Bertz CT molecular complexity index is 5100. The predicted molar refractivity (Wildman–Crippen MR) is 451 cm³/mol. The van der Waals surface area contributed by atoms with Crippen LogP contribution in [0, 0.1) is 5.92 Å². The van der Waals surface area contributed by atoms with E-state index in [4.69, 9.17) is 41.5 Å². The van der Waals surface area contributed by atoms with Crippen LogP contribution >= 0.6 is 35.1 Å². The summed E-state index contributed by atoms with van der Waals surface area (Å²) in [4.78, 5) is 138. The molecule has 5 aliphatic heterocycles. The molecule has 6 aliphatic rings. The van der Waals surface area contributed by atoms with Crippen molar-refractivity contribution in [2.75, 3.05) is 132 Å². The molecule has 0 spiro atoms. The zero-order valence-corrected chi connectivity index (χ0v) is 67.1. The van der Waals surface area contributed by atoms with Crippen LogP contribution in [0.2, 0.25) is 0 Å². The molecule has 6 aromatic carbocycles. The molecule has 27 nitrogen and oxygen atoms in total. The SMILES string of the molecule is CC(C)[C@@H](NCCNC(=O)c1ccc2nc3c(nc2c1)CSC1=C(\C=C/C=C/C=C\1)SC3)C(=O)N[C@H](CCCNC(N)=O)C(=O)Nc1ccc(COC(=O)N(C)C[C@@H]2C[C@@H](N3CCOCC3)CN2C(=O)Oc2cc3c(c4ccccc24)[C@H](CCl)CN3C(=O)c2cc3cc(NC(=O)c4ccc(N5CCN(C)CC5)cc4)ccc3[nH]2)cc1. The number of H-pyrrole nitrogens is 1. The third-order valence-corrected chi connectivity index (χ3v) is 24.3. The summed E-state index contributed by atoms with van der Waals surface area (Å²) in [5, 5.41) is 19.8. The fraction of sp³-hybridized carbons (Fsp3) is 0.365. The number of likely N-dealkylation sites (N-methyl/N-ethyl adjacent to an activating group) is 2. The minimum Gasteiger partial charge on any atom is -0.445 e. The molecule has 600 valence electrons. The Labute approximate surface area is 680 Å². The van der Waals surface area contributed by atoms with Crippen LogP contribution in [0.15, 0.2) is 168 Å². The maximum absolute atomic E-state index is 15.0. The van der Waals surface area contributed by atoms with Gasteiger partial charge in [0.1, 0.15) is 24.1 Å². The van der Waals surface area contributed by atoms with E-state index in [9.17, 15) is 38.4 Å². The summed E-state index contributed by atoms with van der Waals surface area (Å²) in [6.07, 6.45) is 12.0. The second-order valence-electron chi connectivity index (χ2n) is 29.9. The van der Waals surface area contributed by atoms with Gasteiger partial charge in [-0.2, -0.15) is 0 Å². The second-order valence-corrected chi connectivity index (χ2v) is 32.2. The number of thioether (sulfide) groups is 2. The minimum absolute atomic E-state index is 0.0709. The third kappa shape index (κ3) is 19.6. The maximum Gasteiger partial charge on any atom is 0.415 e. The first-order valence-corrected chi connectivity index (χ1v) is 41.4. The average molecular weight is 1620 g/mol. The number of aromatic amines is 1. The van der Waals surface area contributed by atoms with Gasteiger partial charge in [0.2, 0.25) is 11.8 Å². The zero-order valence-electron chi connectivity index (χ0n) is 64.7.